The molecule has 0 saturated carbocycles. The number of carbonyl (C=O) groups excluding carboxylic acids is 2. The van der Waals surface area contributed by atoms with Crippen LogP contribution in [0.5, 0.6) is 0 Å². The van der Waals surface area contributed by atoms with Gasteiger partial charge in [-0.25, -0.2) is 0 Å². The zero-order valence-electron chi connectivity index (χ0n) is 8.38. The Morgan fingerprint density at radius 1 is 1.20 bits per heavy atom. The summed E-state index contributed by atoms with van der Waals surface area (Å²) in [5, 5.41) is 0. The summed E-state index contributed by atoms with van der Waals surface area (Å²) in [6.45, 7) is 1.59. The number of ketones is 1. The Bertz CT molecular complexity index is 322. The number of rotatable bonds is 4. The maximum atomic E-state index is 11.0. The quantitative estimate of drug-likeness (QED) is 0.462. The first-order chi connectivity index (χ1) is 6.68. The monoisotopic (exact) mass is 248 g/mol. The Kier molecular flexibility index (Phi) is 6.67. The van der Waals surface area contributed by atoms with Gasteiger partial charge in [0.1, 0.15) is 18.8 Å². The van der Waals surface area contributed by atoms with Gasteiger partial charge in [-0.3, -0.25) is 9.59 Å². The fourth-order valence-electron chi connectivity index (χ4n) is 0.992. The van der Waals surface area contributed by atoms with Crippen molar-refractivity contribution in [3.8, 4) is 0 Å². The van der Waals surface area contributed by atoms with Crippen LogP contribution >= 0.6 is 0 Å². The second kappa shape index (κ2) is 7.21. The first kappa shape index (κ1) is 13.9. The second-order valence-corrected chi connectivity index (χ2v) is 3.03. The summed E-state index contributed by atoms with van der Waals surface area (Å²) in [7, 11) is 0. The van der Waals surface area contributed by atoms with Crippen LogP contribution < -0.4 is 0 Å². The minimum Gasteiger partial charge on any atom is -0.460 e. The van der Waals surface area contributed by atoms with Crippen LogP contribution in [0.25, 0.3) is 0 Å². The van der Waals surface area contributed by atoms with Gasteiger partial charge >= 0.3 is 5.97 Å². The average molecular weight is 248 g/mol. The van der Waals surface area contributed by atoms with Gasteiger partial charge in [0.25, 0.3) is 0 Å². The normalized spacial score (nSPS) is 8.87. The van der Waals surface area contributed by atoms with Crippen molar-refractivity contribution in [1.29, 1.82) is 0 Å². The Labute approximate surface area is 99.3 Å². The van der Waals surface area contributed by atoms with Crippen molar-refractivity contribution in [3.05, 3.63) is 35.9 Å². The topological polar surface area (TPSA) is 43.4 Å². The van der Waals surface area contributed by atoms with Crippen LogP contribution in [-0.4, -0.2) is 11.8 Å². The minimum atomic E-state index is -0.471. The van der Waals surface area contributed by atoms with E-state index in [1.54, 1.807) is 0 Å². The molecule has 0 atom stereocenters. The molecule has 0 bridgehead atoms. The van der Waals surface area contributed by atoms with E-state index in [0.29, 0.717) is 0 Å². The number of hydrogen-bond donors (Lipinski definition) is 0. The standard InChI is InChI=1S/C11H12O3.Fe/c1-9(12)7-11(13)14-8-10-5-3-2-4-6-10;/h2-6H,7-8H2,1H3;. The summed E-state index contributed by atoms with van der Waals surface area (Å²) in [6.07, 6.45) is -0.146. The zero-order chi connectivity index (χ0) is 10.4. The third kappa shape index (κ3) is 6.05. The molecule has 0 N–H and O–H groups in total. The predicted molar refractivity (Wildman–Crippen MR) is 51.5 cm³/mol. The number of ether oxygens (including phenoxy) is 1. The number of hydrogen-bond acceptors (Lipinski definition) is 3. The van der Waals surface area contributed by atoms with E-state index in [2.05, 4.69) is 0 Å². The molecule has 1 aromatic carbocycles. The Morgan fingerprint density at radius 3 is 2.33 bits per heavy atom. The molecule has 3 nitrogen and oxygen atoms in total. The van der Waals surface area contributed by atoms with Crippen molar-refractivity contribution in [2.24, 2.45) is 0 Å². The molecule has 15 heavy (non-hydrogen) atoms. The SMILES string of the molecule is CC(=O)CC(=O)OCc1ccccc1.[Fe]. The third-order valence-electron chi connectivity index (χ3n) is 1.64. The molecule has 0 fully saturated rings. The molecule has 0 saturated heterocycles. The molecule has 1 rings (SSSR count). The summed E-state index contributed by atoms with van der Waals surface area (Å²) >= 11 is 0. The van der Waals surface area contributed by atoms with Gasteiger partial charge in [-0.05, 0) is 12.5 Å². The van der Waals surface area contributed by atoms with Crippen LogP contribution in [0, 0.1) is 0 Å². The van der Waals surface area contributed by atoms with Crippen LogP contribution in [0.3, 0.4) is 0 Å². The number of Topliss-reactive ketones (excluding diaryl/α,β-unsaturated/α-hetero) is 1. The van der Waals surface area contributed by atoms with Crippen molar-refractivity contribution in [2.75, 3.05) is 0 Å². The molecule has 0 aliphatic heterocycles. The van der Waals surface area contributed by atoms with Gasteiger partial charge in [-0.15, -0.1) is 0 Å². The van der Waals surface area contributed by atoms with Crippen LogP contribution in [-0.2, 0) is 38.0 Å². The molecular formula is C11H12FeO3. The van der Waals surface area contributed by atoms with Gasteiger partial charge in [-0.2, -0.15) is 0 Å². The van der Waals surface area contributed by atoms with Crippen molar-refractivity contribution in [1.82, 2.24) is 0 Å². The number of carbonyl (C=O) groups is 2. The Morgan fingerprint density at radius 2 is 1.80 bits per heavy atom. The molecule has 0 heterocycles. The van der Waals surface area contributed by atoms with E-state index in [-0.39, 0.29) is 35.9 Å². The molecule has 0 aliphatic carbocycles. The molecule has 0 unspecified atom stereocenters. The van der Waals surface area contributed by atoms with E-state index >= 15 is 0 Å². The second-order valence-electron chi connectivity index (χ2n) is 3.03. The van der Waals surface area contributed by atoms with Crippen LogP contribution in [0.1, 0.15) is 18.9 Å². The van der Waals surface area contributed by atoms with Crippen molar-refractivity contribution < 1.29 is 31.4 Å². The van der Waals surface area contributed by atoms with E-state index in [9.17, 15) is 9.59 Å². The van der Waals surface area contributed by atoms with E-state index in [1.165, 1.54) is 6.92 Å². The molecule has 1 aromatic rings. The fourth-order valence-corrected chi connectivity index (χ4v) is 0.992. The van der Waals surface area contributed by atoms with Crippen LogP contribution in [0.2, 0.25) is 0 Å². The molecule has 82 valence electrons. The van der Waals surface area contributed by atoms with E-state index < -0.39 is 5.97 Å². The summed E-state index contributed by atoms with van der Waals surface area (Å²) in [5.74, 6) is -0.649. The van der Waals surface area contributed by atoms with E-state index in [4.69, 9.17) is 4.74 Å². The first-order valence-corrected chi connectivity index (χ1v) is 4.37. The van der Waals surface area contributed by atoms with Crippen LogP contribution in [0.4, 0.5) is 0 Å². The molecule has 0 aliphatic rings. The fraction of sp³-hybridized carbons (Fsp3) is 0.273. The van der Waals surface area contributed by atoms with E-state index in [1.807, 2.05) is 30.3 Å². The van der Waals surface area contributed by atoms with Gasteiger partial charge < -0.3 is 4.74 Å². The third-order valence-corrected chi connectivity index (χ3v) is 1.64. The van der Waals surface area contributed by atoms with Gasteiger partial charge in [0.05, 0.1) is 0 Å². The summed E-state index contributed by atoms with van der Waals surface area (Å²) < 4.78 is 4.88. The average Bonchev–Trinajstić information content (AvgIpc) is 2.15. The first-order valence-electron chi connectivity index (χ1n) is 4.37. The Hall–Kier alpha value is -1.12. The minimum absolute atomic E-state index is 0. The molecule has 0 radical (unpaired) electrons. The predicted octanol–water partition coefficient (Wildman–Crippen LogP) is 1.71. The summed E-state index contributed by atoms with van der Waals surface area (Å²) in [6, 6.07) is 9.35. The van der Waals surface area contributed by atoms with E-state index in [0.717, 1.165) is 5.56 Å². The maximum absolute atomic E-state index is 11.0. The zero-order valence-corrected chi connectivity index (χ0v) is 9.48. The maximum Gasteiger partial charge on any atom is 0.313 e. The molecule has 0 amide bonds. The van der Waals surface area contributed by atoms with Crippen LogP contribution in [0.15, 0.2) is 30.3 Å². The molecule has 0 aromatic heterocycles. The van der Waals surface area contributed by atoms with Crippen molar-refractivity contribution >= 4 is 11.8 Å². The van der Waals surface area contributed by atoms with Gasteiger partial charge in [0.2, 0.25) is 0 Å². The van der Waals surface area contributed by atoms with Crippen molar-refractivity contribution in [3.63, 3.8) is 0 Å². The van der Waals surface area contributed by atoms with Gasteiger partial charge in [0, 0.05) is 17.1 Å². The Balaban J connectivity index is 0.00000196. The summed E-state index contributed by atoms with van der Waals surface area (Å²) in [4.78, 5) is 21.5. The summed E-state index contributed by atoms with van der Waals surface area (Å²) in [5.41, 5.74) is 0.921. The largest absolute Gasteiger partial charge is 0.460 e. The van der Waals surface area contributed by atoms with Gasteiger partial charge in [-0.1, -0.05) is 30.3 Å². The van der Waals surface area contributed by atoms with Gasteiger partial charge in [0.15, 0.2) is 0 Å². The molecular weight excluding hydrogens is 236 g/mol. The number of benzene rings is 1. The molecule has 0 spiro atoms. The smallest absolute Gasteiger partial charge is 0.313 e. The molecule has 4 heteroatoms. The van der Waals surface area contributed by atoms with Crippen molar-refractivity contribution in [2.45, 2.75) is 20.0 Å². The number of esters is 1.